The molecule has 0 saturated heterocycles. The zero-order valence-corrected chi connectivity index (χ0v) is 15.5. The molecule has 0 fully saturated rings. The van der Waals surface area contributed by atoms with E-state index in [2.05, 4.69) is 10.6 Å². The Morgan fingerprint density at radius 1 is 0.964 bits per heavy atom. The number of amides is 2. The Bertz CT molecular complexity index is 981. The smallest absolute Gasteiger partial charge is 0.251 e. The summed E-state index contributed by atoms with van der Waals surface area (Å²) in [6.07, 6.45) is 3.12. The highest BCUT2D eigenvalue weighted by atomic mass is 16.2. The van der Waals surface area contributed by atoms with Crippen LogP contribution in [0.25, 0.3) is 5.69 Å². The van der Waals surface area contributed by atoms with Crippen molar-refractivity contribution < 1.29 is 9.59 Å². The molecule has 0 unspecified atom stereocenters. The summed E-state index contributed by atoms with van der Waals surface area (Å²) in [6.45, 7) is 0.279. The fourth-order valence-corrected chi connectivity index (χ4v) is 3.45. The highest BCUT2D eigenvalue weighted by Crippen LogP contribution is 2.30. The molecule has 1 aromatic heterocycles. The lowest BCUT2D eigenvalue weighted by atomic mass is 10.2. The van der Waals surface area contributed by atoms with Gasteiger partial charge in [-0.2, -0.15) is 5.10 Å². The molecule has 0 radical (unpaired) electrons. The Kier molecular flexibility index (Phi) is 5.19. The maximum absolute atomic E-state index is 12.5. The van der Waals surface area contributed by atoms with Gasteiger partial charge in [-0.25, -0.2) is 4.68 Å². The lowest BCUT2D eigenvalue weighted by molar-refractivity contribution is -0.116. The van der Waals surface area contributed by atoms with Gasteiger partial charge in [-0.15, -0.1) is 0 Å². The third-order valence-electron chi connectivity index (χ3n) is 4.84. The van der Waals surface area contributed by atoms with Crippen LogP contribution in [0, 0.1) is 0 Å². The number of benzene rings is 2. The summed E-state index contributed by atoms with van der Waals surface area (Å²) >= 11 is 0. The van der Waals surface area contributed by atoms with Crippen LogP contribution in [-0.4, -0.2) is 28.1 Å². The van der Waals surface area contributed by atoms with E-state index >= 15 is 0 Å². The van der Waals surface area contributed by atoms with E-state index < -0.39 is 0 Å². The molecule has 1 heterocycles. The number of rotatable bonds is 6. The molecule has 6 heteroatoms. The molecule has 0 aliphatic heterocycles. The number of nitrogens with one attached hydrogen (secondary N) is 2. The van der Waals surface area contributed by atoms with Crippen molar-refractivity contribution in [2.75, 3.05) is 11.9 Å². The maximum atomic E-state index is 12.5. The summed E-state index contributed by atoms with van der Waals surface area (Å²) in [4.78, 5) is 24.6. The predicted octanol–water partition coefficient (Wildman–Crippen LogP) is 3.12. The van der Waals surface area contributed by atoms with Gasteiger partial charge in [0, 0.05) is 24.1 Å². The number of hydrogen-bond acceptors (Lipinski definition) is 3. The number of fused-ring (bicyclic) bond motifs is 1. The van der Waals surface area contributed by atoms with E-state index in [0.29, 0.717) is 5.56 Å². The van der Waals surface area contributed by atoms with Crippen LogP contribution in [0.5, 0.6) is 0 Å². The van der Waals surface area contributed by atoms with E-state index in [1.54, 1.807) is 12.1 Å². The predicted molar refractivity (Wildman–Crippen MR) is 108 cm³/mol. The van der Waals surface area contributed by atoms with Crippen LogP contribution in [0.15, 0.2) is 60.7 Å². The zero-order chi connectivity index (χ0) is 19.3. The van der Waals surface area contributed by atoms with Gasteiger partial charge >= 0.3 is 0 Å². The van der Waals surface area contributed by atoms with Gasteiger partial charge in [-0.05, 0) is 43.5 Å². The molecular weight excluding hydrogens is 352 g/mol. The standard InChI is InChI=1S/C22H22N4O2/c27-20(14-15-23-22(28)16-8-3-1-4-9-16)24-21-18-12-7-13-19(18)25-26(21)17-10-5-2-6-11-17/h1-6,8-11H,7,12-15H2,(H,23,28)(H,24,27). The van der Waals surface area contributed by atoms with Crippen LogP contribution in [0.2, 0.25) is 0 Å². The van der Waals surface area contributed by atoms with Gasteiger partial charge in [0.2, 0.25) is 5.91 Å². The quantitative estimate of drug-likeness (QED) is 0.696. The Morgan fingerprint density at radius 3 is 2.43 bits per heavy atom. The Balaban J connectivity index is 1.41. The molecule has 4 rings (SSSR count). The summed E-state index contributed by atoms with van der Waals surface area (Å²) in [5.41, 5.74) is 3.68. The number of para-hydroxylation sites is 1. The van der Waals surface area contributed by atoms with Crippen LogP contribution < -0.4 is 10.6 Å². The zero-order valence-electron chi connectivity index (χ0n) is 15.5. The summed E-state index contributed by atoms with van der Waals surface area (Å²) in [5, 5.41) is 10.5. The Morgan fingerprint density at radius 2 is 1.68 bits per heavy atom. The van der Waals surface area contributed by atoms with Gasteiger partial charge in [0.1, 0.15) is 5.82 Å². The van der Waals surface area contributed by atoms with E-state index in [1.807, 2.05) is 53.2 Å². The number of hydrogen-bond donors (Lipinski definition) is 2. The largest absolute Gasteiger partial charge is 0.352 e. The third-order valence-corrected chi connectivity index (χ3v) is 4.84. The highest BCUT2D eigenvalue weighted by molar-refractivity contribution is 5.95. The van der Waals surface area contributed by atoms with Crippen LogP contribution in [0.4, 0.5) is 5.82 Å². The van der Waals surface area contributed by atoms with Gasteiger partial charge < -0.3 is 10.6 Å². The number of anilines is 1. The average molecular weight is 374 g/mol. The van der Waals surface area contributed by atoms with Crippen molar-refractivity contribution in [3.8, 4) is 5.69 Å². The van der Waals surface area contributed by atoms with Crippen LogP contribution in [-0.2, 0) is 17.6 Å². The van der Waals surface area contributed by atoms with Crippen molar-refractivity contribution in [2.45, 2.75) is 25.7 Å². The van der Waals surface area contributed by atoms with Crippen molar-refractivity contribution in [3.63, 3.8) is 0 Å². The first-order chi connectivity index (χ1) is 13.7. The van der Waals surface area contributed by atoms with Crippen LogP contribution in [0.3, 0.4) is 0 Å². The van der Waals surface area contributed by atoms with E-state index in [1.165, 1.54) is 0 Å². The lowest BCUT2D eigenvalue weighted by Crippen LogP contribution is -2.28. The van der Waals surface area contributed by atoms with Crippen molar-refractivity contribution in [1.29, 1.82) is 0 Å². The fourth-order valence-electron chi connectivity index (χ4n) is 3.45. The van der Waals surface area contributed by atoms with Gasteiger partial charge in [0.15, 0.2) is 0 Å². The second-order valence-corrected chi connectivity index (χ2v) is 6.79. The first-order valence-corrected chi connectivity index (χ1v) is 9.51. The van der Waals surface area contributed by atoms with E-state index in [-0.39, 0.29) is 24.8 Å². The molecular formula is C22H22N4O2. The summed E-state index contributed by atoms with van der Waals surface area (Å²) < 4.78 is 1.81. The number of aryl methyl sites for hydroxylation is 1. The van der Waals surface area contributed by atoms with Crippen molar-refractivity contribution in [2.24, 2.45) is 0 Å². The molecule has 6 nitrogen and oxygen atoms in total. The number of aromatic nitrogens is 2. The second-order valence-electron chi connectivity index (χ2n) is 6.79. The molecule has 1 aliphatic carbocycles. The van der Waals surface area contributed by atoms with Gasteiger partial charge in [-0.1, -0.05) is 36.4 Å². The van der Waals surface area contributed by atoms with Crippen molar-refractivity contribution in [3.05, 3.63) is 77.5 Å². The number of carbonyl (C=O) groups is 2. The molecule has 0 bridgehead atoms. The fraction of sp³-hybridized carbons (Fsp3) is 0.227. The molecule has 2 N–H and O–H groups in total. The number of nitrogens with zero attached hydrogens (tertiary/aromatic N) is 2. The van der Waals surface area contributed by atoms with Gasteiger partial charge in [0.05, 0.1) is 11.4 Å². The normalized spacial score (nSPS) is 12.4. The first-order valence-electron chi connectivity index (χ1n) is 9.51. The SMILES string of the molecule is O=C(CCNC(=O)c1ccccc1)Nc1c2c(nn1-c1ccccc1)CCC2. The van der Waals surface area contributed by atoms with Gasteiger partial charge in [0.25, 0.3) is 5.91 Å². The monoisotopic (exact) mass is 374 g/mol. The maximum Gasteiger partial charge on any atom is 0.251 e. The van der Waals surface area contributed by atoms with E-state index in [0.717, 1.165) is 42.0 Å². The van der Waals surface area contributed by atoms with Crippen molar-refractivity contribution >= 4 is 17.6 Å². The first kappa shape index (κ1) is 18.0. The molecule has 142 valence electrons. The third kappa shape index (κ3) is 3.81. The van der Waals surface area contributed by atoms with E-state index in [4.69, 9.17) is 5.10 Å². The Hall–Kier alpha value is -3.41. The summed E-state index contributed by atoms with van der Waals surface area (Å²) in [5.74, 6) is 0.432. The minimum absolute atomic E-state index is 0.139. The minimum atomic E-state index is -0.177. The Labute approximate surface area is 163 Å². The van der Waals surface area contributed by atoms with Crippen molar-refractivity contribution in [1.82, 2.24) is 15.1 Å². The molecule has 0 atom stereocenters. The molecule has 1 aliphatic rings. The number of carbonyl (C=O) groups excluding carboxylic acids is 2. The molecule has 2 amide bonds. The topological polar surface area (TPSA) is 76.0 Å². The van der Waals surface area contributed by atoms with Gasteiger partial charge in [-0.3, -0.25) is 9.59 Å². The summed E-state index contributed by atoms with van der Waals surface area (Å²) in [6, 6.07) is 18.8. The second kappa shape index (κ2) is 8.08. The molecule has 2 aromatic carbocycles. The average Bonchev–Trinajstić information content (AvgIpc) is 3.32. The van der Waals surface area contributed by atoms with E-state index in [9.17, 15) is 9.59 Å². The van der Waals surface area contributed by atoms with Crippen LogP contribution in [0.1, 0.15) is 34.5 Å². The van der Waals surface area contributed by atoms with Crippen LogP contribution >= 0.6 is 0 Å². The molecule has 0 saturated carbocycles. The summed E-state index contributed by atoms with van der Waals surface area (Å²) in [7, 11) is 0. The molecule has 0 spiro atoms. The molecule has 28 heavy (non-hydrogen) atoms. The minimum Gasteiger partial charge on any atom is -0.352 e. The molecule has 3 aromatic rings. The highest BCUT2D eigenvalue weighted by Gasteiger charge is 2.24. The lowest BCUT2D eigenvalue weighted by Gasteiger charge is -2.11.